The van der Waals surface area contributed by atoms with E-state index in [2.05, 4.69) is 15.3 Å². The number of aromatic nitrogens is 2. The van der Waals surface area contributed by atoms with Gasteiger partial charge in [0.15, 0.2) is 0 Å². The second kappa shape index (κ2) is 7.45. The van der Waals surface area contributed by atoms with Gasteiger partial charge in [-0.05, 0) is 35.7 Å². The van der Waals surface area contributed by atoms with Crippen LogP contribution in [0.1, 0.15) is 40.2 Å². The largest absolute Gasteiger partial charge is 0.465 e. The second-order valence-corrected chi connectivity index (χ2v) is 9.16. The first-order valence-electron chi connectivity index (χ1n) is 9.31. The second-order valence-electron chi connectivity index (χ2n) is 7.30. The number of hydrogen-bond donors (Lipinski definition) is 4. The Hall–Kier alpha value is -3.40. The summed E-state index contributed by atoms with van der Waals surface area (Å²) >= 11 is 0. The van der Waals surface area contributed by atoms with Crippen LogP contribution >= 0.6 is 0 Å². The molecule has 1 unspecified atom stereocenters. The first-order valence-corrected chi connectivity index (χ1v) is 10.9. The van der Waals surface area contributed by atoms with Gasteiger partial charge in [-0.25, -0.2) is 18.2 Å². The molecule has 0 saturated carbocycles. The lowest BCUT2D eigenvalue weighted by Gasteiger charge is -2.17. The zero-order valence-electron chi connectivity index (χ0n) is 16.0. The van der Waals surface area contributed by atoms with Gasteiger partial charge < -0.3 is 15.4 Å². The fourth-order valence-corrected chi connectivity index (χ4v) is 5.30. The van der Waals surface area contributed by atoms with Crippen molar-refractivity contribution < 1.29 is 23.1 Å². The smallest absolute Gasteiger partial charge is 0.405 e. The van der Waals surface area contributed by atoms with Crippen LogP contribution in [-0.2, 0) is 21.2 Å². The van der Waals surface area contributed by atoms with Crippen LogP contribution in [0.5, 0.6) is 0 Å². The number of fused-ring (bicyclic) bond motifs is 1. The van der Waals surface area contributed by atoms with E-state index in [1.54, 1.807) is 19.1 Å². The highest BCUT2D eigenvalue weighted by atomic mass is 32.2. The number of nitrogens with one attached hydrogen (secondary N) is 3. The standard InChI is InChI=1S/C20H20N4O5S/c1-11-8-12(6-7-13(11)17-10-18(25)24-30(17,28)29)9-16(23-20(26)27)19-21-14-4-2-3-5-15(14)22-19/h2-8,16-17,23H,9-10H2,1H3,(H,21,22)(H,24,25)(H,26,27)/t16-,17?/m0/s1. The summed E-state index contributed by atoms with van der Waals surface area (Å²) < 4.78 is 26.3. The van der Waals surface area contributed by atoms with Gasteiger partial charge in [0, 0.05) is 6.42 Å². The lowest BCUT2D eigenvalue weighted by atomic mass is 9.97. The molecule has 156 valence electrons. The van der Waals surface area contributed by atoms with E-state index >= 15 is 0 Å². The number of nitrogens with zero attached hydrogens (tertiary/aromatic N) is 1. The molecule has 4 N–H and O–H groups in total. The highest BCUT2D eigenvalue weighted by Gasteiger charge is 2.38. The van der Waals surface area contributed by atoms with Crippen molar-refractivity contribution >= 4 is 33.1 Å². The van der Waals surface area contributed by atoms with Crippen LogP contribution in [0.2, 0.25) is 0 Å². The van der Waals surface area contributed by atoms with Crippen LogP contribution in [0.25, 0.3) is 11.0 Å². The summed E-state index contributed by atoms with van der Waals surface area (Å²) in [6, 6.07) is 12.0. The minimum absolute atomic E-state index is 0.106. The number of benzene rings is 2. The van der Waals surface area contributed by atoms with Gasteiger partial charge in [-0.1, -0.05) is 30.3 Å². The quantitative estimate of drug-likeness (QED) is 0.491. The Kier molecular flexibility index (Phi) is 4.94. The van der Waals surface area contributed by atoms with Crippen LogP contribution in [0.15, 0.2) is 42.5 Å². The molecule has 9 nitrogen and oxygen atoms in total. The normalized spacial score (nSPS) is 18.8. The third-order valence-electron chi connectivity index (χ3n) is 5.16. The zero-order valence-corrected chi connectivity index (χ0v) is 16.9. The molecular weight excluding hydrogens is 408 g/mol. The monoisotopic (exact) mass is 428 g/mol. The maximum atomic E-state index is 12.2. The lowest BCUT2D eigenvalue weighted by Crippen LogP contribution is -2.29. The molecule has 0 aliphatic carbocycles. The van der Waals surface area contributed by atoms with Crippen LogP contribution in [-0.4, -0.2) is 35.5 Å². The molecule has 1 aliphatic rings. The number of carboxylic acid groups (broad SMARTS) is 1. The van der Waals surface area contributed by atoms with Gasteiger partial charge in [0.2, 0.25) is 15.9 Å². The fourth-order valence-electron chi connectivity index (χ4n) is 3.79. The zero-order chi connectivity index (χ0) is 21.5. The van der Waals surface area contributed by atoms with Crippen LogP contribution in [0.3, 0.4) is 0 Å². The van der Waals surface area contributed by atoms with Crippen molar-refractivity contribution in [2.24, 2.45) is 0 Å². The van der Waals surface area contributed by atoms with Crippen molar-refractivity contribution in [3.05, 3.63) is 65.0 Å². The summed E-state index contributed by atoms with van der Waals surface area (Å²) in [5, 5.41) is 10.8. The van der Waals surface area contributed by atoms with Gasteiger partial charge in [-0.2, -0.15) is 0 Å². The summed E-state index contributed by atoms with van der Waals surface area (Å²) in [6.07, 6.45) is -0.956. The molecule has 0 radical (unpaired) electrons. The summed E-state index contributed by atoms with van der Waals surface area (Å²) in [5.41, 5.74) is 3.63. The molecule has 1 saturated heterocycles. The molecular formula is C20H20N4O5S. The Morgan fingerprint density at radius 3 is 2.70 bits per heavy atom. The number of carbonyl (C=O) groups excluding carboxylic acids is 1. The molecule has 2 aromatic carbocycles. The first kappa shape index (κ1) is 19.9. The van der Waals surface area contributed by atoms with Crippen molar-refractivity contribution in [2.45, 2.75) is 31.1 Å². The molecule has 1 aromatic heterocycles. The number of carbonyl (C=O) groups is 2. The predicted molar refractivity (Wildman–Crippen MR) is 109 cm³/mol. The number of rotatable bonds is 5. The Labute approximate surface area is 172 Å². The molecule has 0 spiro atoms. The molecule has 4 rings (SSSR count). The lowest BCUT2D eigenvalue weighted by molar-refractivity contribution is -0.118. The Bertz CT molecular complexity index is 1220. The number of hydrogen-bond acceptors (Lipinski definition) is 5. The summed E-state index contributed by atoms with van der Waals surface area (Å²) in [5.74, 6) is -0.0208. The summed E-state index contributed by atoms with van der Waals surface area (Å²) in [6.45, 7) is 1.78. The first-order chi connectivity index (χ1) is 14.2. The molecule has 3 aromatic rings. The van der Waals surface area contributed by atoms with Gasteiger partial charge in [0.25, 0.3) is 0 Å². The van der Waals surface area contributed by atoms with E-state index in [1.807, 2.05) is 35.1 Å². The fraction of sp³-hybridized carbons (Fsp3) is 0.250. The maximum absolute atomic E-state index is 12.2. The van der Waals surface area contributed by atoms with Crippen molar-refractivity contribution in [3.8, 4) is 0 Å². The average molecular weight is 428 g/mol. The number of aromatic amines is 1. The van der Waals surface area contributed by atoms with Crippen LogP contribution in [0, 0.1) is 6.92 Å². The van der Waals surface area contributed by atoms with Gasteiger partial charge in [0.1, 0.15) is 11.1 Å². The number of H-pyrrole nitrogens is 1. The molecule has 30 heavy (non-hydrogen) atoms. The molecule has 10 heteroatoms. The summed E-state index contributed by atoms with van der Waals surface area (Å²) in [4.78, 5) is 30.5. The maximum Gasteiger partial charge on any atom is 0.405 e. The number of aryl methyl sites for hydroxylation is 1. The Balaban J connectivity index is 1.63. The minimum Gasteiger partial charge on any atom is -0.465 e. The van der Waals surface area contributed by atoms with Crippen LogP contribution < -0.4 is 10.0 Å². The SMILES string of the molecule is Cc1cc(C[C@H](NC(=O)O)c2nc3ccccc3[nH]2)ccc1C1CC(=O)NS1(=O)=O. The highest BCUT2D eigenvalue weighted by Crippen LogP contribution is 2.33. The van der Waals surface area contributed by atoms with Crippen molar-refractivity contribution in [3.63, 3.8) is 0 Å². The average Bonchev–Trinajstić information content (AvgIpc) is 3.20. The number of imidazole rings is 1. The van der Waals surface area contributed by atoms with E-state index in [0.29, 0.717) is 17.8 Å². The number of amides is 2. The number of para-hydroxylation sites is 2. The van der Waals surface area contributed by atoms with Crippen molar-refractivity contribution in [2.75, 3.05) is 0 Å². The van der Waals surface area contributed by atoms with Gasteiger partial charge in [-0.3, -0.25) is 9.52 Å². The Morgan fingerprint density at radius 1 is 1.30 bits per heavy atom. The minimum atomic E-state index is -3.73. The number of sulfonamides is 1. The molecule has 0 bridgehead atoms. The van der Waals surface area contributed by atoms with E-state index < -0.39 is 33.3 Å². The van der Waals surface area contributed by atoms with Crippen molar-refractivity contribution in [1.29, 1.82) is 0 Å². The van der Waals surface area contributed by atoms with E-state index in [1.165, 1.54) is 0 Å². The Morgan fingerprint density at radius 2 is 2.07 bits per heavy atom. The van der Waals surface area contributed by atoms with E-state index in [0.717, 1.165) is 22.2 Å². The topological polar surface area (TPSA) is 141 Å². The van der Waals surface area contributed by atoms with Gasteiger partial charge in [-0.15, -0.1) is 0 Å². The molecule has 2 heterocycles. The molecule has 1 fully saturated rings. The molecule has 1 aliphatic heterocycles. The predicted octanol–water partition coefficient (Wildman–Crippen LogP) is 2.31. The van der Waals surface area contributed by atoms with Gasteiger partial charge >= 0.3 is 6.09 Å². The highest BCUT2D eigenvalue weighted by molar-refractivity contribution is 7.90. The third kappa shape index (κ3) is 3.86. The van der Waals surface area contributed by atoms with Gasteiger partial charge in [0.05, 0.1) is 23.5 Å². The molecule has 2 amide bonds. The third-order valence-corrected chi connectivity index (χ3v) is 6.84. The van der Waals surface area contributed by atoms with E-state index in [-0.39, 0.29) is 6.42 Å². The van der Waals surface area contributed by atoms with E-state index in [9.17, 15) is 23.1 Å². The van der Waals surface area contributed by atoms with Crippen LogP contribution in [0.4, 0.5) is 4.79 Å². The van der Waals surface area contributed by atoms with E-state index in [4.69, 9.17) is 0 Å². The summed E-state index contributed by atoms with van der Waals surface area (Å²) in [7, 11) is -3.73. The molecule has 2 atom stereocenters. The van der Waals surface area contributed by atoms with Crippen molar-refractivity contribution in [1.82, 2.24) is 20.0 Å².